The molecule has 0 N–H and O–H groups in total. The predicted molar refractivity (Wildman–Crippen MR) is 85.2 cm³/mol. The second-order valence-corrected chi connectivity index (χ2v) is 6.21. The summed E-state index contributed by atoms with van der Waals surface area (Å²) in [5, 5.41) is 0. The number of fused-ring (bicyclic) bond motifs is 1. The highest BCUT2D eigenvalue weighted by Gasteiger charge is 2.35. The Morgan fingerprint density at radius 3 is 2.62 bits per heavy atom. The first-order chi connectivity index (χ1) is 10.4. The van der Waals surface area contributed by atoms with Crippen LogP contribution in [-0.2, 0) is 0 Å². The van der Waals surface area contributed by atoms with Crippen molar-refractivity contribution < 1.29 is 0 Å². The lowest BCUT2D eigenvalue weighted by molar-refractivity contribution is 0.342. The van der Waals surface area contributed by atoms with E-state index in [0.717, 1.165) is 23.3 Å². The van der Waals surface area contributed by atoms with Crippen LogP contribution in [0.1, 0.15) is 32.1 Å². The minimum atomic E-state index is 0.751. The number of anilines is 1. The first-order valence-corrected chi connectivity index (χ1v) is 8.06. The van der Waals surface area contributed by atoms with E-state index in [-0.39, 0.29) is 0 Å². The highest BCUT2D eigenvalue weighted by atomic mass is 15.2. The van der Waals surface area contributed by atoms with E-state index in [1.165, 1.54) is 44.3 Å². The van der Waals surface area contributed by atoms with Crippen LogP contribution in [0.25, 0.3) is 11.4 Å². The molecule has 108 valence electrons. The predicted octanol–water partition coefficient (Wildman–Crippen LogP) is 3.91. The van der Waals surface area contributed by atoms with Gasteiger partial charge in [0.2, 0.25) is 0 Å². The van der Waals surface area contributed by atoms with Crippen molar-refractivity contribution in [1.82, 2.24) is 9.97 Å². The molecule has 3 heterocycles. The van der Waals surface area contributed by atoms with Gasteiger partial charge in [-0.25, -0.2) is 0 Å². The normalized spacial score (nSPS) is 24.9. The van der Waals surface area contributed by atoms with Crippen molar-refractivity contribution >= 4 is 5.69 Å². The summed E-state index contributed by atoms with van der Waals surface area (Å²) >= 11 is 0. The smallest absolute Gasteiger partial charge is 0.0887 e. The molecular weight excluding hydrogens is 258 g/mol. The number of aromatic nitrogens is 2. The summed E-state index contributed by atoms with van der Waals surface area (Å²) in [4.78, 5) is 11.6. The zero-order valence-corrected chi connectivity index (χ0v) is 12.3. The Morgan fingerprint density at radius 1 is 0.905 bits per heavy atom. The summed E-state index contributed by atoms with van der Waals surface area (Å²) in [7, 11) is 0. The first kappa shape index (κ1) is 12.8. The highest BCUT2D eigenvalue weighted by molar-refractivity contribution is 5.58. The second-order valence-electron chi connectivity index (χ2n) is 6.21. The molecule has 3 heteroatoms. The summed E-state index contributed by atoms with van der Waals surface area (Å²) in [6.07, 6.45) is 10.8. The van der Waals surface area contributed by atoms with Crippen molar-refractivity contribution in [2.45, 2.75) is 38.1 Å². The third kappa shape index (κ3) is 2.41. The van der Waals surface area contributed by atoms with Gasteiger partial charge in [-0.2, -0.15) is 0 Å². The number of pyridine rings is 2. The fourth-order valence-electron chi connectivity index (χ4n) is 3.95. The van der Waals surface area contributed by atoms with E-state index in [1.807, 2.05) is 30.6 Å². The fraction of sp³-hybridized carbons (Fsp3) is 0.444. The van der Waals surface area contributed by atoms with Crippen molar-refractivity contribution in [2.24, 2.45) is 5.92 Å². The van der Waals surface area contributed by atoms with Crippen LogP contribution in [0.15, 0.2) is 42.7 Å². The van der Waals surface area contributed by atoms with Gasteiger partial charge in [0.1, 0.15) is 0 Å². The molecule has 1 saturated carbocycles. The van der Waals surface area contributed by atoms with Crippen LogP contribution in [0.2, 0.25) is 0 Å². The van der Waals surface area contributed by atoms with Crippen molar-refractivity contribution in [3.8, 4) is 11.4 Å². The van der Waals surface area contributed by atoms with Crippen LogP contribution < -0.4 is 4.90 Å². The third-order valence-electron chi connectivity index (χ3n) is 5.02. The topological polar surface area (TPSA) is 29.0 Å². The molecule has 0 aromatic carbocycles. The number of hydrogen-bond donors (Lipinski definition) is 0. The maximum absolute atomic E-state index is 4.63. The molecule has 2 aromatic rings. The van der Waals surface area contributed by atoms with Gasteiger partial charge in [-0.1, -0.05) is 18.9 Å². The zero-order valence-electron chi connectivity index (χ0n) is 12.3. The lowest BCUT2D eigenvalue weighted by atomic mass is 9.85. The Morgan fingerprint density at radius 2 is 1.81 bits per heavy atom. The van der Waals surface area contributed by atoms with E-state index in [4.69, 9.17) is 0 Å². The number of rotatable bonds is 2. The SMILES string of the molecule is c1ccc(-c2ccc(N3CCC4CCCCC43)cn2)nc1. The molecule has 2 fully saturated rings. The molecule has 4 rings (SSSR count). The van der Waals surface area contributed by atoms with E-state index in [0.29, 0.717) is 0 Å². The van der Waals surface area contributed by atoms with Crippen LogP contribution in [0.3, 0.4) is 0 Å². The monoisotopic (exact) mass is 279 g/mol. The minimum absolute atomic E-state index is 0.751. The molecule has 2 aliphatic rings. The quantitative estimate of drug-likeness (QED) is 0.834. The number of nitrogens with zero attached hydrogens (tertiary/aromatic N) is 3. The van der Waals surface area contributed by atoms with Gasteiger partial charge in [-0.15, -0.1) is 0 Å². The summed E-state index contributed by atoms with van der Waals surface area (Å²) in [5.41, 5.74) is 3.18. The van der Waals surface area contributed by atoms with E-state index in [9.17, 15) is 0 Å². The van der Waals surface area contributed by atoms with Crippen LogP contribution in [0, 0.1) is 5.92 Å². The minimum Gasteiger partial charge on any atom is -0.367 e. The van der Waals surface area contributed by atoms with Gasteiger partial charge in [0.15, 0.2) is 0 Å². The standard InChI is InChI=1S/C18H21N3/c1-2-7-18-14(5-1)10-12-21(18)15-8-9-17(20-13-15)16-6-3-4-11-19-16/h3-4,6,8-9,11,13-14,18H,1-2,5,7,10,12H2. The maximum atomic E-state index is 4.63. The molecule has 1 aliphatic heterocycles. The molecule has 2 aromatic heterocycles. The fourth-order valence-corrected chi connectivity index (χ4v) is 3.95. The Labute approximate surface area is 126 Å². The molecular formula is C18H21N3. The van der Waals surface area contributed by atoms with Crippen molar-refractivity contribution in [1.29, 1.82) is 0 Å². The molecule has 2 atom stereocenters. The maximum Gasteiger partial charge on any atom is 0.0887 e. The largest absolute Gasteiger partial charge is 0.367 e. The Bertz CT molecular complexity index is 594. The number of hydrogen-bond acceptors (Lipinski definition) is 3. The molecule has 3 nitrogen and oxygen atoms in total. The first-order valence-electron chi connectivity index (χ1n) is 8.06. The van der Waals surface area contributed by atoms with Gasteiger partial charge in [0.05, 0.1) is 23.3 Å². The van der Waals surface area contributed by atoms with Gasteiger partial charge in [0, 0.05) is 18.8 Å². The molecule has 0 bridgehead atoms. The van der Waals surface area contributed by atoms with Crippen molar-refractivity contribution in [2.75, 3.05) is 11.4 Å². The van der Waals surface area contributed by atoms with Gasteiger partial charge in [-0.05, 0) is 49.4 Å². The van der Waals surface area contributed by atoms with Crippen LogP contribution in [0.4, 0.5) is 5.69 Å². The van der Waals surface area contributed by atoms with E-state index < -0.39 is 0 Å². The summed E-state index contributed by atoms with van der Waals surface area (Å²) < 4.78 is 0. The molecule has 21 heavy (non-hydrogen) atoms. The van der Waals surface area contributed by atoms with Gasteiger partial charge >= 0.3 is 0 Å². The van der Waals surface area contributed by atoms with Crippen LogP contribution in [-0.4, -0.2) is 22.6 Å². The molecule has 0 radical (unpaired) electrons. The Hall–Kier alpha value is -1.90. The van der Waals surface area contributed by atoms with E-state index in [2.05, 4.69) is 27.0 Å². The van der Waals surface area contributed by atoms with Crippen LogP contribution >= 0.6 is 0 Å². The van der Waals surface area contributed by atoms with Gasteiger partial charge in [-0.3, -0.25) is 9.97 Å². The average Bonchev–Trinajstić information content (AvgIpc) is 3.00. The lowest BCUT2D eigenvalue weighted by Crippen LogP contribution is -2.34. The summed E-state index contributed by atoms with van der Waals surface area (Å²) in [6, 6.07) is 11.0. The molecule has 2 unspecified atom stereocenters. The average molecular weight is 279 g/mol. The molecule has 0 spiro atoms. The second kappa shape index (κ2) is 5.47. The molecule has 0 amide bonds. The van der Waals surface area contributed by atoms with E-state index in [1.54, 1.807) is 0 Å². The van der Waals surface area contributed by atoms with Gasteiger partial charge < -0.3 is 4.90 Å². The zero-order chi connectivity index (χ0) is 14.1. The Kier molecular flexibility index (Phi) is 3.34. The third-order valence-corrected chi connectivity index (χ3v) is 5.02. The van der Waals surface area contributed by atoms with Crippen molar-refractivity contribution in [3.63, 3.8) is 0 Å². The summed E-state index contributed by atoms with van der Waals surface area (Å²) in [5.74, 6) is 0.911. The lowest BCUT2D eigenvalue weighted by Gasteiger charge is -2.33. The van der Waals surface area contributed by atoms with Crippen LogP contribution in [0.5, 0.6) is 0 Å². The highest BCUT2D eigenvalue weighted by Crippen LogP contribution is 2.38. The molecule has 1 saturated heterocycles. The molecule has 1 aliphatic carbocycles. The Balaban J connectivity index is 1.57. The van der Waals surface area contributed by atoms with E-state index >= 15 is 0 Å². The van der Waals surface area contributed by atoms with Gasteiger partial charge in [0.25, 0.3) is 0 Å². The summed E-state index contributed by atoms with van der Waals surface area (Å²) in [6.45, 7) is 1.19. The van der Waals surface area contributed by atoms with Crippen molar-refractivity contribution in [3.05, 3.63) is 42.7 Å².